The van der Waals surface area contributed by atoms with E-state index in [-0.39, 0.29) is 11.6 Å². The van der Waals surface area contributed by atoms with E-state index in [1.165, 1.54) is 7.11 Å². The largest absolute Gasteiger partial charge is 0.467 e. The monoisotopic (exact) mass is 393 g/mol. The van der Waals surface area contributed by atoms with Crippen LogP contribution < -0.4 is 5.32 Å². The summed E-state index contributed by atoms with van der Waals surface area (Å²) in [6.45, 7) is 3.95. The average Bonchev–Trinajstić information content (AvgIpc) is 3.03. The molecule has 1 amide bonds. The molecule has 0 spiro atoms. The topological polar surface area (TPSA) is 73.2 Å². The van der Waals surface area contributed by atoms with E-state index >= 15 is 0 Å². The summed E-state index contributed by atoms with van der Waals surface area (Å²) in [7, 11) is 1.31. The number of carbonyl (C=O) groups excluding carboxylic acids is 2. The molecule has 0 saturated heterocycles. The molecule has 0 saturated carbocycles. The molecule has 0 fully saturated rings. The fourth-order valence-corrected chi connectivity index (χ4v) is 2.65. The van der Waals surface area contributed by atoms with Crippen molar-refractivity contribution in [1.82, 2.24) is 15.1 Å². The predicted octanol–water partition coefficient (Wildman–Crippen LogP) is 2.95. The zero-order valence-electron chi connectivity index (χ0n) is 13.8. The number of amides is 1. The number of methoxy groups -OCH3 is 1. The van der Waals surface area contributed by atoms with Gasteiger partial charge in [-0.2, -0.15) is 5.10 Å². The highest BCUT2D eigenvalue weighted by molar-refractivity contribution is 9.10. The van der Waals surface area contributed by atoms with Crippen LogP contribution in [0.25, 0.3) is 5.69 Å². The molecule has 0 radical (unpaired) electrons. The Kier molecular flexibility index (Phi) is 6.14. The molecule has 1 unspecified atom stereocenters. The van der Waals surface area contributed by atoms with Crippen LogP contribution in [0, 0.1) is 5.92 Å². The van der Waals surface area contributed by atoms with Crippen LogP contribution in [-0.2, 0) is 9.53 Å². The van der Waals surface area contributed by atoms with Gasteiger partial charge in [0.15, 0.2) is 5.69 Å². The van der Waals surface area contributed by atoms with Gasteiger partial charge >= 0.3 is 5.97 Å². The van der Waals surface area contributed by atoms with Crippen molar-refractivity contribution in [2.75, 3.05) is 7.11 Å². The number of aromatic nitrogens is 2. The van der Waals surface area contributed by atoms with Crippen LogP contribution in [-0.4, -0.2) is 34.8 Å². The van der Waals surface area contributed by atoms with Crippen LogP contribution in [0.15, 0.2) is 41.0 Å². The van der Waals surface area contributed by atoms with E-state index in [9.17, 15) is 9.59 Å². The summed E-state index contributed by atoms with van der Waals surface area (Å²) < 4.78 is 7.28. The third-order valence-electron chi connectivity index (χ3n) is 3.39. The molecule has 0 aliphatic rings. The van der Waals surface area contributed by atoms with Crippen LogP contribution in [0.1, 0.15) is 30.8 Å². The quantitative estimate of drug-likeness (QED) is 0.765. The molecule has 2 rings (SSSR count). The second-order valence-electron chi connectivity index (χ2n) is 5.80. The number of esters is 1. The van der Waals surface area contributed by atoms with Crippen molar-refractivity contribution in [3.63, 3.8) is 0 Å². The number of halogens is 1. The highest BCUT2D eigenvalue weighted by Crippen LogP contribution is 2.15. The number of benzene rings is 1. The smallest absolute Gasteiger partial charge is 0.328 e. The van der Waals surface area contributed by atoms with Crippen LogP contribution >= 0.6 is 15.9 Å². The first-order chi connectivity index (χ1) is 11.4. The molecule has 1 aromatic heterocycles. The molecule has 2 aromatic rings. The Balaban J connectivity index is 2.13. The van der Waals surface area contributed by atoms with Gasteiger partial charge in [0.1, 0.15) is 6.04 Å². The molecular weight excluding hydrogens is 374 g/mol. The standard InChI is InChI=1S/C17H20BrN3O3/c1-11(2)9-15(17(23)24-3)19-16(22)14-7-8-21(20-14)13-6-4-5-12(18)10-13/h4-8,10-11,15H,9H2,1-3H3,(H,19,22). The molecule has 6 nitrogen and oxygen atoms in total. The maximum atomic E-state index is 12.4. The molecule has 0 aliphatic carbocycles. The van der Waals surface area contributed by atoms with Crippen molar-refractivity contribution in [2.45, 2.75) is 26.3 Å². The van der Waals surface area contributed by atoms with Gasteiger partial charge < -0.3 is 10.1 Å². The molecule has 24 heavy (non-hydrogen) atoms. The first-order valence-corrected chi connectivity index (χ1v) is 8.40. The zero-order valence-corrected chi connectivity index (χ0v) is 15.4. The molecule has 1 heterocycles. The number of nitrogens with one attached hydrogen (secondary N) is 1. The molecule has 1 N–H and O–H groups in total. The normalized spacial score (nSPS) is 12.0. The summed E-state index contributed by atoms with van der Waals surface area (Å²) >= 11 is 3.40. The fraction of sp³-hybridized carbons (Fsp3) is 0.353. The fourth-order valence-electron chi connectivity index (χ4n) is 2.27. The van der Waals surface area contributed by atoms with E-state index in [0.717, 1.165) is 10.2 Å². The molecule has 1 aromatic carbocycles. The van der Waals surface area contributed by atoms with E-state index in [1.54, 1.807) is 16.9 Å². The van der Waals surface area contributed by atoms with Crippen molar-refractivity contribution in [1.29, 1.82) is 0 Å². The first-order valence-electron chi connectivity index (χ1n) is 7.61. The van der Waals surface area contributed by atoms with Crippen molar-refractivity contribution in [3.05, 3.63) is 46.7 Å². The minimum Gasteiger partial charge on any atom is -0.467 e. The molecule has 0 bridgehead atoms. The highest BCUT2D eigenvalue weighted by atomic mass is 79.9. The van der Waals surface area contributed by atoms with Crippen LogP contribution in [0.2, 0.25) is 0 Å². The van der Waals surface area contributed by atoms with Gasteiger partial charge in [-0.05, 0) is 36.6 Å². The predicted molar refractivity (Wildman–Crippen MR) is 94.0 cm³/mol. The third-order valence-corrected chi connectivity index (χ3v) is 3.89. The van der Waals surface area contributed by atoms with Gasteiger partial charge in [-0.3, -0.25) is 4.79 Å². The average molecular weight is 394 g/mol. The van der Waals surface area contributed by atoms with Gasteiger partial charge in [0.2, 0.25) is 0 Å². The van der Waals surface area contributed by atoms with Gasteiger partial charge in [-0.1, -0.05) is 35.8 Å². The van der Waals surface area contributed by atoms with Gasteiger partial charge in [0.05, 0.1) is 12.8 Å². The van der Waals surface area contributed by atoms with Crippen LogP contribution in [0.3, 0.4) is 0 Å². The first kappa shape index (κ1) is 18.2. The number of rotatable bonds is 6. The lowest BCUT2D eigenvalue weighted by Crippen LogP contribution is -2.42. The number of ether oxygens (including phenoxy) is 1. The molecule has 0 aliphatic heterocycles. The van der Waals surface area contributed by atoms with Gasteiger partial charge in [-0.25, -0.2) is 9.48 Å². The second kappa shape index (κ2) is 8.10. The Morgan fingerprint density at radius 2 is 2.08 bits per heavy atom. The van der Waals surface area contributed by atoms with Crippen LogP contribution in [0.5, 0.6) is 0 Å². The lowest BCUT2D eigenvalue weighted by Gasteiger charge is -2.17. The van der Waals surface area contributed by atoms with E-state index in [0.29, 0.717) is 6.42 Å². The van der Waals surface area contributed by atoms with Crippen molar-refractivity contribution in [3.8, 4) is 5.69 Å². The molecule has 7 heteroatoms. The maximum absolute atomic E-state index is 12.4. The van der Waals surface area contributed by atoms with Gasteiger partial charge in [0, 0.05) is 10.7 Å². The SMILES string of the molecule is COC(=O)C(CC(C)C)NC(=O)c1ccn(-c2cccc(Br)c2)n1. The summed E-state index contributed by atoms with van der Waals surface area (Å²) in [6, 6.07) is 8.50. The van der Waals surface area contributed by atoms with Gasteiger partial charge in [-0.15, -0.1) is 0 Å². The Labute approximate surface area is 149 Å². The van der Waals surface area contributed by atoms with E-state index in [2.05, 4.69) is 26.3 Å². The minimum atomic E-state index is -0.682. The summed E-state index contributed by atoms with van der Waals surface area (Å²) in [4.78, 5) is 24.2. The van der Waals surface area contributed by atoms with E-state index < -0.39 is 17.9 Å². The number of nitrogens with zero attached hydrogens (tertiary/aromatic N) is 2. The Morgan fingerprint density at radius 1 is 1.33 bits per heavy atom. The van der Waals surface area contributed by atoms with E-state index in [4.69, 9.17) is 4.74 Å². The van der Waals surface area contributed by atoms with Crippen LogP contribution in [0.4, 0.5) is 0 Å². The lowest BCUT2D eigenvalue weighted by atomic mass is 10.0. The number of hydrogen-bond donors (Lipinski definition) is 1. The summed E-state index contributed by atoms with van der Waals surface area (Å²) in [5.74, 6) is -0.614. The summed E-state index contributed by atoms with van der Waals surface area (Å²) in [6.07, 6.45) is 2.21. The third kappa shape index (κ3) is 4.67. The molecule has 1 atom stereocenters. The molecule has 128 valence electrons. The molecular formula is C17H20BrN3O3. The van der Waals surface area contributed by atoms with Crippen molar-refractivity contribution < 1.29 is 14.3 Å². The Morgan fingerprint density at radius 3 is 2.71 bits per heavy atom. The summed E-state index contributed by atoms with van der Waals surface area (Å²) in [5.41, 5.74) is 1.07. The highest BCUT2D eigenvalue weighted by Gasteiger charge is 2.24. The number of hydrogen-bond acceptors (Lipinski definition) is 4. The Bertz CT molecular complexity index is 727. The zero-order chi connectivity index (χ0) is 17.7. The lowest BCUT2D eigenvalue weighted by molar-refractivity contribution is -0.143. The van der Waals surface area contributed by atoms with Crippen molar-refractivity contribution in [2.24, 2.45) is 5.92 Å². The Hall–Kier alpha value is -2.15. The summed E-state index contributed by atoms with van der Waals surface area (Å²) in [5, 5.41) is 6.96. The van der Waals surface area contributed by atoms with E-state index in [1.807, 2.05) is 38.1 Å². The number of carbonyl (C=O) groups is 2. The minimum absolute atomic E-state index is 0.243. The van der Waals surface area contributed by atoms with Gasteiger partial charge in [0.25, 0.3) is 5.91 Å². The second-order valence-corrected chi connectivity index (χ2v) is 6.72. The van der Waals surface area contributed by atoms with Crippen molar-refractivity contribution >= 4 is 27.8 Å². The maximum Gasteiger partial charge on any atom is 0.328 e.